The zero-order chi connectivity index (χ0) is 20.3. The van der Waals surface area contributed by atoms with Crippen LogP contribution in [0.5, 0.6) is 5.75 Å². The molecule has 1 unspecified atom stereocenters. The molecule has 0 bridgehead atoms. The maximum Gasteiger partial charge on any atom is 0.222 e. The monoisotopic (exact) mass is 399 g/mol. The maximum absolute atomic E-state index is 10.5. The van der Waals surface area contributed by atoms with Gasteiger partial charge in [-0.1, -0.05) is 28.6 Å². The van der Waals surface area contributed by atoms with E-state index in [2.05, 4.69) is 32.3 Å². The fourth-order valence-corrected chi connectivity index (χ4v) is 2.47. The van der Waals surface area contributed by atoms with Crippen LogP contribution in [-0.2, 0) is 5.60 Å². The average Bonchev–Trinajstić information content (AvgIpc) is 3.11. The molecule has 0 fully saturated rings. The second kappa shape index (κ2) is 7.76. The first-order valence-corrected chi connectivity index (χ1v) is 8.58. The number of methoxy groups -OCH3 is 1. The number of rotatable bonds is 4. The van der Waals surface area contributed by atoms with Crippen LogP contribution in [0.1, 0.15) is 23.9 Å². The summed E-state index contributed by atoms with van der Waals surface area (Å²) in [5.41, 5.74) is 5.99. The Morgan fingerprint density at radius 1 is 1.36 bits per heavy atom. The summed E-state index contributed by atoms with van der Waals surface area (Å²) in [6.45, 7) is 3.30. The minimum atomic E-state index is -1.49. The summed E-state index contributed by atoms with van der Waals surface area (Å²) >= 11 is 6.11. The van der Waals surface area contributed by atoms with Gasteiger partial charge in [0.15, 0.2) is 17.2 Å². The highest BCUT2D eigenvalue weighted by molar-refractivity contribution is 6.32. The second-order valence-electron chi connectivity index (χ2n) is 6.12. The number of anilines is 3. The average molecular weight is 400 g/mol. The predicted octanol–water partition coefficient (Wildman–Crippen LogP) is 3.02. The summed E-state index contributed by atoms with van der Waals surface area (Å²) in [6, 6.07) is 6.87. The van der Waals surface area contributed by atoms with Gasteiger partial charge in [-0.15, -0.1) is 0 Å². The summed E-state index contributed by atoms with van der Waals surface area (Å²) in [5, 5.41) is 17.7. The van der Waals surface area contributed by atoms with Crippen molar-refractivity contribution in [2.75, 3.05) is 18.2 Å². The van der Waals surface area contributed by atoms with E-state index in [4.69, 9.17) is 26.6 Å². The van der Waals surface area contributed by atoms with Crippen LogP contribution in [0.4, 0.5) is 17.5 Å². The number of aromatic nitrogens is 3. The largest absolute Gasteiger partial charge is 0.495 e. The van der Waals surface area contributed by atoms with Crippen LogP contribution in [0.25, 0.3) is 0 Å². The summed E-state index contributed by atoms with van der Waals surface area (Å²) in [7, 11) is 1.54. The molecule has 0 saturated heterocycles. The molecule has 0 spiro atoms. The number of benzene rings is 1. The molecule has 1 aromatic carbocycles. The Bertz CT molecular complexity index is 1070. The number of hydrogen-bond acceptors (Lipinski definition) is 8. The predicted molar refractivity (Wildman–Crippen MR) is 105 cm³/mol. The van der Waals surface area contributed by atoms with Crippen LogP contribution >= 0.6 is 11.6 Å². The molecule has 0 amide bonds. The van der Waals surface area contributed by atoms with Crippen LogP contribution < -0.4 is 15.8 Å². The summed E-state index contributed by atoms with van der Waals surface area (Å²) in [6.07, 6.45) is 1.40. The van der Waals surface area contributed by atoms with Gasteiger partial charge in [0.2, 0.25) is 5.95 Å². The van der Waals surface area contributed by atoms with Crippen LogP contribution in [0, 0.1) is 18.8 Å². The molecule has 8 nitrogen and oxygen atoms in total. The van der Waals surface area contributed by atoms with Gasteiger partial charge < -0.3 is 25.4 Å². The number of hydrogen-bond donors (Lipinski definition) is 3. The molecule has 3 aromatic rings. The van der Waals surface area contributed by atoms with Crippen molar-refractivity contribution in [2.24, 2.45) is 0 Å². The van der Waals surface area contributed by atoms with Crippen molar-refractivity contribution in [2.45, 2.75) is 19.4 Å². The van der Waals surface area contributed by atoms with E-state index in [1.807, 2.05) is 0 Å². The van der Waals surface area contributed by atoms with E-state index >= 15 is 0 Å². The number of ether oxygens (including phenoxy) is 1. The molecule has 1 atom stereocenters. The third-order valence-corrected chi connectivity index (χ3v) is 4.05. The van der Waals surface area contributed by atoms with Crippen LogP contribution in [-0.4, -0.2) is 27.3 Å². The Labute approximate surface area is 166 Å². The maximum atomic E-state index is 10.5. The molecule has 0 aliphatic carbocycles. The van der Waals surface area contributed by atoms with Crippen molar-refractivity contribution in [1.29, 1.82) is 0 Å². The van der Waals surface area contributed by atoms with Gasteiger partial charge in [0.1, 0.15) is 10.8 Å². The molecule has 0 radical (unpaired) electrons. The van der Waals surface area contributed by atoms with Gasteiger partial charge in [-0.05, 0) is 32.0 Å². The molecular weight excluding hydrogens is 382 g/mol. The number of aryl methyl sites for hydroxylation is 1. The minimum absolute atomic E-state index is 0.0835. The van der Waals surface area contributed by atoms with E-state index in [9.17, 15) is 5.11 Å². The van der Waals surface area contributed by atoms with Crippen molar-refractivity contribution < 1.29 is 14.4 Å². The van der Waals surface area contributed by atoms with Gasteiger partial charge in [0.05, 0.1) is 24.7 Å². The molecule has 9 heteroatoms. The highest BCUT2D eigenvalue weighted by Crippen LogP contribution is 2.31. The molecule has 28 heavy (non-hydrogen) atoms. The SMILES string of the molecule is COc1ccc(C#CC(C)(O)c2cc(C)no2)cc1Nc1nc(N)ncc1Cl. The number of halogens is 1. The van der Waals surface area contributed by atoms with Crippen molar-refractivity contribution in [3.8, 4) is 17.6 Å². The quantitative estimate of drug-likeness (QED) is 0.573. The van der Waals surface area contributed by atoms with Gasteiger partial charge in [0.25, 0.3) is 0 Å². The Balaban J connectivity index is 1.92. The molecule has 4 N–H and O–H groups in total. The van der Waals surface area contributed by atoms with Crippen molar-refractivity contribution in [3.63, 3.8) is 0 Å². The highest BCUT2D eigenvalue weighted by atomic mass is 35.5. The fourth-order valence-electron chi connectivity index (χ4n) is 2.33. The lowest BCUT2D eigenvalue weighted by Crippen LogP contribution is -2.17. The Kier molecular flexibility index (Phi) is 5.40. The summed E-state index contributed by atoms with van der Waals surface area (Å²) < 4.78 is 10.5. The molecule has 0 saturated carbocycles. The van der Waals surface area contributed by atoms with Crippen molar-refractivity contribution >= 4 is 29.1 Å². The molecule has 3 rings (SSSR count). The number of nitrogens with one attached hydrogen (secondary N) is 1. The molecule has 0 aliphatic heterocycles. The lowest BCUT2D eigenvalue weighted by Gasteiger charge is -2.13. The minimum Gasteiger partial charge on any atom is -0.495 e. The lowest BCUT2D eigenvalue weighted by molar-refractivity contribution is 0.0872. The highest BCUT2D eigenvalue weighted by Gasteiger charge is 2.25. The number of nitrogens with two attached hydrogens (primary N) is 1. The topological polar surface area (TPSA) is 119 Å². The molecular formula is C19H18ClN5O3. The summed E-state index contributed by atoms with van der Waals surface area (Å²) in [5.74, 6) is 6.95. The zero-order valence-electron chi connectivity index (χ0n) is 15.4. The van der Waals surface area contributed by atoms with E-state index in [1.165, 1.54) is 13.1 Å². The van der Waals surface area contributed by atoms with Crippen molar-refractivity contribution in [1.82, 2.24) is 15.1 Å². The van der Waals surface area contributed by atoms with Gasteiger partial charge >= 0.3 is 0 Å². The second-order valence-corrected chi connectivity index (χ2v) is 6.53. The standard InChI is InChI=1S/C19H18ClN5O3/c1-11-8-16(28-25-11)19(2,26)7-6-12-4-5-15(27-3)14(9-12)23-17-13(20)10-22-18(21)24-17/h4-5,8-10,26H,1-3H3,(H3,21,22,23,24). The Morgan fingerprint density at radius 2 is 2.14 bits per heavy atom. The Hall–Kier alpha value is -3.28. The molecule has 2 heterocycles. The lowest BCUT2D eigenvalue weighted by atomic mass is 10.0. The van der Waals surface area contributed by atoms with Crippen LogP contribution in [0.3, 0.4) is 0 Å². The van der Waals surface area contributed by atoms with Crippen molar-refractivity contribution in [3.05, 3.63) is 52.5 Å². The normalized spacial score (nSPS) is 12.6. The third kappa shape index (κ3) is 4.34. The number of nitrogens with zero attached hydrogens (tertiary/aromatic N) is 3. The third-order valence-electron chi connectivity index (χ3n) is 3.77. The first-order valence-electron chi connectivity index (χ1n) is 8.21. The van der Waals surface area contributed by atoms with E-state index in [0.717, 1.165) is 0 Å². The van der Waals surface area contributed by atoms with Gasteiger partial charge in [-0.3, -0.25) is 0 Å². The van der Waals surface area contributed by atoms with E-state index in [1.54, 1.807) is 38.3 Å². The van der Waals surface area contributed by atoms with Crippen LogP contribution in [0.2, 0.25) is 5.02 Å². The number of nitrogen functional groups attached to an aromatic ring is 1. The van der Waals surface area contributed by atoms with E-state index in [-0.39, 0.29) is 11.7 Å². The molecule has 0 aliphatic rings. The Morgan fingerprint density at radius 3 is 2.82 bits per heavy atom. The zero-order valence-corrected chi connectivity index (χ0v) is 16.2. The van der Waals surface area contributed by atoms with E-state index < -0.39 is 5.60 Å². The van der Waals surface area contributed by atoms with Gasteiger partial charge in [-0.2, -0.15) is 4.98 Å². The van der Waals surface area contributed by atoms with Gasteiger partial charge in [-0.25, -0.2) is 4.98 Å². The summed E-state index contributed by atoms with van der Waals surface area (Å²) in [4.78, 5) is 7.90. The fraction of sp³-hybridized carbons (Fsp3) is 0.211. The molecule has 2 aromatic heterocycles. The first-order chi connectivity index (χ1) is 13.3. The van der Waals surface area contributed by atoms with Gasteiger partial charge in [0, 0.05) is 11.6 Å². The molecule has 144 valence electrons. The number of aliphatic hydroxyl groups is 1. The van der Waals surface area contributed by atoms with Crippen LogP contribution in [0.15, 0.2) is 35.0 Å². The first kappa shape index (κ1) is 19.5. The smallest absolute Gasteiger partial charge is 0.222 e. The van der Waals surface area contributed by atoms with E-state index in [0.29, 0.717) is 33.5 Å².